The lowest BCUT2D eigenvalue weighted by molar-refractivity contribution is -0.122. The van der Waals surface area contributed by atoms with Crippen LogP contribution < -0.4 is 20.7 Å². The van der Waals surface area contributed by atoms with Crippen LogP contribution in [-0.2, 0) is 11.3 Å². The van der Waals surface area contributed by atoms with Gasteiger partial charge in [0.25, 0.3) is 0 Å². The topological polar surface area (TPSA) is 106 Å². The predicted molar refractivity (Wildman–Crippen MR) is 156 cm³/mol. The van der Waals surface area contributed by atoms with Crippen molar-refractivity contribution < 1.29 is 9.53 Å². The number of aryl methyl sites for hydroxylation is 1. The fraction of sp³-hybridized carbons (Fsp3) is 0.138. The van der Waals surface area contributed by atoms with Gasteiger partial charge in [-0.25, -0.2) is 0 Å². The number of para-hydroxylation sites is 1. The molecule has 0 aliphatic rings. The van der Waals surface area contributed by atoms with Gasteiger partial charge in [0.15, 0.2) is 5.11 Å². The molecule has 1 aromatic heterocycles. The highest BCUT2D eigenvalue weighted by Gasteiger charge is 2.14. The maximum Gasteiger partial charge on any atom is 0.243 e. The summed E-state index contributed by atoms with van der Waals surface area (Å²) in [6, 6.07) is 29.4. The minimum absolute atomic E-state index is 0.0627. The molecule has 3 N–H and O–H groups in total. The van der Waals surface area contributed by atoms with E-state index in [-0.39, 0.29) is 12.5 Å². The molecule has 5 rings (SSSR count). The summed E-state index contributed by atoms with van der Waals surface area (Å²) in [6.45, 7) is 2.82. The number of nitrogens with one attached hydrogen (secondary N) is 3. The number of thiocarbonyl (C=S) groups is 1. The molecule has 9 nitrogen and oxygen atoms in total. The van der Waals surface area contributed by atoms with E-state index in [4.69, 9.17) is 17.0 Å². The Morgan fingerprint density at radius 3 is 2.49 bits per heavy atom. The molecule has 0 bridgehead atoms. The zero-order valence-corrected chi connectivity index (χ0v) is 22.1. The number of anilines is 1. The molecule has 10 heteroatoms. The molecule has 1 heterocycles. The molecule has 0 atom stereocenters. The van der Waals surface area contributed by atoms with E-state index in [1.807, 2.05) is 91.9 Å². The molecule has 0 saturated heterocycles. The van der Waals surface area contributed by atoms with Gasteiger partial charge in [-0.05, 0) is 71.5 Å². The molecular formula is C29H27N7O2S. The van der Waals surface area contributed by atoms with Crippen LogP contribution in [0.1, 0.15) is 5.56 Å². The number of rotatable bonds is 9. The lowest BCUT2D eigenvalue weighted by Gasteiger charge is -2.11. The van der Waals surface area contributed by atoms with Crippen molar-refractivity contribution in [3.63, 3.8) is 0 Å². The smallest absolute Gasteiger partial charge is 0.243 e. The largest absolute Gasteiger partial charge is 0.457 e. The summed E-state index contributed by atoms with van der Waals surface area (Å²) < 4.78 is 6.17. The molecule has 0 unspecified atom stereocenters. The standard InChI is InChI=1S/C29H27N7O2S/c1-20-10-13-23(14-11-20)32-29(39)31-17-16-30-27(37)19-36-34-28(33-35-36)25-8-4-5-9-26(25)38-24-15-12-21-6-2-3-7-22(21)18-24/h2-15,18H,16-17,19H2,1H3,(H,30,37)(H2,31,32,39). The van der Waals surface area contributed by atoms with Gasteiger partial charge >= 0.3 is 0 Å². The Morgan fingerprint density at radius 2 is 1.64 bits per heavy atom. The van der Waals surface area contributed by atoms with E-state index >= 15 is 0 Å². The summed E-state index contributed by atoms with van der Waals surface area (Å²) >= 11 is 5.30. The number of benzene rings is 4. The fourth-order valence-corrected chi connectivity index (χ4v) is 4.11. The zero-order valence-electron chi connectivity index (χ0n) is 21.3. The third-order valence-corrected chi connectivity index (χ3v) is 6.10. The summed E-state index contributed by atoms with van der Waals surface area (Å²) in [5, 5.41) is 24.3. The predicted octanol–water partition coefficient (Wildman–Crippen LogP) is 4.70. The maximum atomic E-state index is 12.4. The first-order chi connectivity index (χ1) is 19.0. The van der Waals surface area contributed by atoms with Gasteiger partial charge in [-0.3, -0.25) is 4.79 Å². The minimum Gasteiger partial charge on any atom is -0.457 e. The lowest BCUT2D eigenvalue weighted by Crippen LogP contribution is -2.38. The van der Waals surface area contributed by atoms with Gasteiger partial charge in [0, 0.05) is 18.8 Å². The molecule has 0 spiro atoms. The highest BCUT2D eigenvalue weighted by Crippen LogP contribution is 2.32. The Hall–Kier alpha value is -4.83. The van der Waals surface area contributed by atoms with Gasteiger partial charge in [-0.15, -0.1) is 10.2 Å². The van der Waals surface area contributed by atoms with Crippen molar-refractivity contribution in [2.75, 3.05) is 18.4 Å². The number of ether oxygens (including phenoxy) is 1. The Bertz CT molecular complexity index is 1600. The van der Waals surface area contributed by atoms with Crippen molar-refractivity contribution in [3.05, 3.63) is 96.6 Å². The van der Waals surface area contributed by atoms with E-state index in [2.05, 4.69) is 37.4 Å². The van der Waals surface area contributed by atoms with Crippen molar-refractivity contribution in [3.8, 4) is 22.9 Å². The number of aromatic nitrogens is 4. The van der Waals surface area contributed by atoms with Crippen molar-refractivity contribution >= 4 is 39.7 Å². The average Bonchev–Trinajstić information content (AvgIpc) is 3.41. The van der Waals surface area contributed by atoms with Gasteiger partial charge in [0.1, 0.15) is 18.0 Å². The van der Waals surface area contributed by atoms with Crippen molar-refractivity contribution in [2.24, 2.45) is 0 Å². The Labute approximate surface area is 231 Å². The SMILES string of the molecule is Cc1ccc(NC(=S)NCCNC(=O)Cn2nnc(-c3ccccc3Oc3ccc4ccccc4c3)n2)cc1. The highest BCUT2D eigenvalue weighted by atomic mass is 32.1. The zero-order chi connectivity index (χ0) is 27.0. The summed E-state index contributed by atoms with van der Waals surface area (Å²) in [5.41, 5.74) is 2.75. The van der Waals surface area contributed by atoms with Gasteiger partial charge in [-0.1, -0.05) is 60.2 Å². The fourth-order valence-electron chi connectivity index (χ4n) is 3.89. The van der Waals surface area contributed by atoms with E-state index in [0.29, 0.717) is 41.1 Å². The molecule has 0 radical (unpaired) electrons. The van der Waals surface area contributed by atoms with Crippen molar-refractivity contribution in [1.29, 1.82) is 0 Å². The number of fused-ring (bicyclic) bond motifs is 1. The summed E-state index contributed by atoms with van der Waals surface area (Å²) in [5.74, 6) is 1.43. The molecule has 0 fully saturated rings. The lowest BCUT2D eigenvalue weighted by atomic mass is 10.1. The summed E-state index contributed by atoms with van der Waals surface area (Å²) in [7, 11) is 0. The van der Waals surface area contributed by atoms with E-state index in [0.717, 1.165) is 16.5 Å². The van der Waals surface area contributed by atoms with Crippen molar-refractivity contribution in [2.45, 2.75) is 13.5 Å². The first-order valence-corrected chi connectivity index (χ1v) is 12.9. The Kier molecular flexibility index (Phi) is 8.03. The summed E-state index contributed by atoms with van der Waals surface area (Å²) in [4.78, 5) is 13.7. The van der Waals surface area contributed by atoms with Crippen LogP contribution in [0.4, 0.5) is 5.69 Å². The van der Waals surface area contributed by atoms with Crippen molar-refractivity contribution in [1.82, 2.24) is 30.8 Å². The molecule has 4 aromatic carbocycles. The summed E-state index contributed by atoms with van der Waals surface area (Å²) in [6.07, 6.45) is 0. The third kappa shape index (κ3) is 6.93. The number of carbonyl (C=O) groups excluding carboxylic acids is 1. The number of nitrogens with zero attached hydrogens (tertiary/aromatic N) is 4. The monoisotopic (exact) mass is 537 g/mol. The number of hydrogen-bond acceptors (Lipinski definition) is 6. The number of carbonyl (C=O) groups is 1. The number of tetrazole rings is 1. The van der Waals surface area contributed by atoms with E-state index < -0.39 is 0 Å². The van der Waals surface area contributed by atoms with Crippen LogP contribution in [0.5, 0.6) is 11.5 Å². The Morgan fingerprint density at radius 1 is 0.897 bits per heavy atom. The van der Waals surface area contributed by atoms with Crippen LogP contribution in [0.3, 0.4) is 0 Å². The molecule has 39 heavy (non-hydrogen) atoms. The average molecular weight is 538 g/mol. The second kappa shape index (κ2) is 12.1. The van der Waals surface area contributed by atoms with Crippen LogP contribution in [0, 0.1) is 6.92 Å². The highest BCUT2D eigenvalue weighted by molar-refractivity contribution is 7.80. The molecule has 196 valence electrons. The van der Waals surface area contributed by atoms with Crippen LogP contribution in [0.25, 0.3) is 22.2 Å². The Balaban J connectivity index is 1.13. The molecule has 5 aromatic rings. The number of amides is 1. The van der Waals surface area contributed by atoms with E-state index in [1.54, 1.807) is 0 Å². The van der Waals surface area contributed by atoms with Crippen LogP contribution in [0.15, 0.2) is 91.0 Å². The first kappa shape index (κ1) is 25.8. The molecule has 0 aliphatic carbocycles. The number of hydrogen-bond donors (Lipinski definition) is 3. The molecular weight excluding hydrogens is 510 g/mol. The molecule has 1 amide bonds. The van der Waals surface area contributed by atoms with E-state index in [1.165, 1.54) is 10.4 Å². The molecule has 0 aliphatic heterocycles. The normalized spacial score (nSPS) is 10.7. The van der Waals surface area contributed by atoms with Gasteiger partial charge in [0.2, 0.25) is 11.7 Å². The second-order valence-electron chi connectivity index (χ2n) is 8.85. The van der Waals surface area contributed by atoms with Crippen LogP contribution >= 0.6 is 12.2 Å². The first-order valence-electron chi connectivity index (χ1n) is 12.5. The van der Waals surface area contributed by atoms with Gasteiger partial charge in [0.05, 0.1) is 5.56 Å². The van der Waals surface area contributed by atoms with Gasteiger partial charge in [-0.2, -0.15) is 4.80 Å². The molecule has 0 saturated carbocycles. The second-order valence-corrected chi connectivity index (χ2v) is 9.26. The maximum absolute atomic E-state index is 12.4. The third-order valence-electron chi connectivity index (χ3n) is 5.86. The minimum atomic E-state index is -0.237. The van der Waals surface area contributed by atoms with E-state index in [9.17, 15) is 4.79 Å². The van der Waals surface area contributed by atoms with Crippen LogP contribution in [0.2, 0.25) is 0 Å². The van der Waals surface area contributed by atoms with Crippen LogP contribution in [-0.4, -0.2) is 44.3 Å². The van der Waals surface area contributed by atoms with Gasteiger partial charge < -0.3 is 20.7 Å². The quantitative estimate of drug-likeness (QED) is 0.184.